The highest BCUT2D eigenvalue weighted by atomic mass is 32.1. The molecule has 0 saturated heterocycles. The Kier molecular flexibility index (Phi) is 5.25. The molecule has 25 heavy (non-hydrogen) atoms. The van der Waals surface area contributed by atoms with Crippen molar-refractivity contribution in [1.82, 2.24) is 9.78 Å². The van der Waals surface area contributed by atoms with E-state index < -0.39 is 0 Å². The van der Waals surface area contributed by atoms with Gasteiger partial charge in [0, 0.05) is 5.69 Å². The summed E-state index contributed by atoms with van der Waals surface area (Å²) in [4.78, 5) is 12.2. The van der Waals surface area contributed by atoms with E-state index in [4.69, 9.17) is 21.4 Å². The van der Waals surface area contributed by atoms with Crippen LogP contribution in [-0.4, -0.2) is 15.7 Å². The van der Waals surface area contributed by atoms with Gasteiger partial charge in [-0.05, 0) is 43.4 Å². The van der Waals surface area contributed by atoms with E-state index in [1.54, 1.807) is 0 Å². The maximum Gasteiger partial charge on any atom is 0.287 e. The van der Waals surface area contributed by atoms with E-state index in [1.165, 1.54) is 4.68 Å². The van der Waals surface area contributed by atoms with E-state index in [0.717, 1.165) is 11.3 Å². The first-order valence-electron chi connectivity index (χ1n) is 7.71. The molecule has 0 atom stereocenters. The van der Waals surface area contributed by atoms with E-state index in [0.29, 0.717) is 11.6 Å². The molecule has 1 N–H and O–H groups in total. The van der Waals surface area contributed by atoms with E-state index in [9.17, 15) is 4.79 Å². The van der Waals surface area contributed by atoms with Gasteiger partial charge in [0.05, 0.1) is 0 Å². The Morgan fingerprint density at radius 3 is 2.64 bits per heavy atom. The molecule has 1 heterocycles. The molecule has 0 fully saturated rings. The zero-order valence-electron chi connectivity index (χ0n) is 13.6. The minimum absolute atomic E-state index is 0.0262. The number of nitrogens with zero attached hydrogens (tertiary/aromatic N) is 2. The molecule has 2 aromatic carbocycles. The van der Waals surface area contributed by atoms with Crippen LogP contribution >= 0.6 is 12.2 Å². The predicted octanol–water partition coefficient (Wildman–Crippen LogP) is 3.73. The Labute approximate surface area is 150 Å². The quantitative estimate of drug-likeness (QED) is 0.682. The van der Waals surface area contributed by atoms with Gasteiger partial charge in [-0.15, -0.1) is 5.10 Å². The summed E-state index contributed by atoms with van der Waals surface area (Å²) in [6.45, 7) is 2.10. The molecule has 0 bridgehead atoms. The summed E-state index contributed by atoms with van der Waals surface area (Å²) < 4.78 is 12.3. The third-order valence-corrected chi connectivity index (χ3v) is 3.68. The van der Waals surface area contributed by atoms with Crippen molar-refractivity contribution in [3.05, 3.63) is 70.9 Å². The lowest BCUT2D eigenvalue weighted by Gasteiger charge is -2.05. The van der Waals surface area contributed by atoms with Gasteiger partial charge >= 0.3 is 0 Å². The molecule has 0 aliphatic heterocycles. The highest BCUT2D eigenvalue weighted by Gasteiger charge is 2.10. The number of carbonyl (C=O) groups is 1. The molecule has 0 saturated carbocycles. The summed E-state index contributed by atoms with van der Waals surface area (Å²) in [6, 6.07) is 16.9. The molecule has 0 radical (unpaired) electrons. The molecule has 3 aromatic rings. The Hall–Kier alpha value is -2.93. The van der Waals surface area contributed by atoms with Crippen molar-refractivity contribution in [3.8, 4) is 5.75 Å². The number of ether oxygens (including phenoxy) is 1. The second-order valence-electron chi connectivity index (χ2n) is 5.44. The van der Waals surface area contributed by atoms with Crippen LogP contribution in [0.2, 0.25) is 0 Å². The van der Waals surface area contributed by atoms with Gasteiger partial charge in [-0.25, -0.2) is 4.68 Å². The second kappa shape index (κ2) is 7.76. The summed E-state index contributed by atoms with van der Waals surface area (Å²) in [7, 11) is 0. The first-order valence-corrected chi connectivity index (χ1v) is 8.12. The molecule has 128 valence electrons. The van der Waals surface area contributed by atoms with Crippen LogP contribution in [0.1, 0.15) is 11.5 Å². The maximum absolute atomic E-state index is 12.1. The lowest BCUT2D eigenvalue weighted by Crippen LogP contribution is -2.19. The van der Waals surface area contributed by atoms with Crippen molar-refractivity contribution in [1.29, 1.82) is 0 Å². The smallest absolute Gasteiger partial charge is 0.287 e. The third-order valence-electron chi connectivity index (χ3n) is 3.38. The summed E-state index contributed by atoms with van der Waals surface area (Å²) in [5.41, 5.74) is 1.85. The van der Waals surface area contributed by atoms with Crippen LogP contribution in [0.15, 0.2) is 59.0 Å². The van der Waals surface area contributed by atoms with Crippen molar-refractivity contribution in [2.45, 2.75) is 20.1 Å². The number of amides is 1. The highest BCUT2D eigenvalue weighted by Crippen LogP contribution is 2.12. The van der Waals surface area contributed by atoms with Crippen molar-refractivity contribution >= 4 is 23.8 Å². The fraction of sp³-hybridized carbons (Fsp3) is 0.167. The first kappa shape index (κ1) is 16.9. The molecular formula is C18H17N3O3S. The monoisotopic (exact) mass is 355 g/mol. The number of nitrogens with one attached hydrogen (secondary N) is 1. The van der Waals surface area contributed by atoms with Crippen molar-refractivity contribution in [2.75, 3.05) is 5.32 Å². The van der Waals surface area contributed by atoms with Crippen LogP contribution < -0.4 is 10.1 Å². The summed E-state index contributed by atoms with van der Waals surface area (Å²) in [6.07, 6.45) is 0. The van der Waals surface area contributed by atoms with Gasteiger partial charge in [0.2, 0.25) is 5.91 Å². The number of para-hydroxylation sites is 1. The summed E-state index contributed by atoms with van der Waals surface area (Å²) >= 11 is 5.10. The van der Waals surface area contributed by atoms with Crippen LogP contribution in [0.4, 0.5) is 5.69 Å². The number of carbonyl (C=O) groups excluding carboxylic acids is 1. The number of rotatable bonds is 6. The van der Waals surface area contributed by atoms with Crippen LogP contribution in [0.25, 0.3) is 0 Å². The highest BCUT2D eigenvalue weighted by molar-refractivity contribution is 7.71. The van der Waals surface area contributed by atoms with E-state index in [-0.39, 0.29) is 23.9 Å². The van der Waals surface area contributed by atoms with E-state index in [1.807, 2.05) is 61.5 Å². The molecule has 1 amide bonds. The number of hydrogen-bond donors (Lipinski definition) is 1. The molecule has 0 aliphatic carbocycles. The molecule has 1 aromatic heterocycles. The number of benzene rings is 2. The molecule has 0 aliphatic rings. The molecule has 7 heteroatoms. The standard InChI is InChI=1S/C18H17N3O3S/c1-13-7-9-14(10-8-13)19-16(22)11-21-18(25)24-17(20-21)12-23-15-5-3-2-4-6-15/h2-10H,11-12H2,1H3,(H,19,22). The number of anilines is 1. The average molecular weight is 355 g/mol. The third kappa shape index (κ3) is 4.77. The molecule has 0 unspecified atom stereocenters. The fourth-order valence-electron chi connectivity index (χ4n) is 2.14. The minimum Gasteiger partial charge on any atom is -0.484 e. The van der Waals surface area contributed by atoms with E-state index in [2.05, 4.69) is 10.4 Å². The molecule has 6 nitrogen and oxygen atoms in total. The lowest BCUT2D eigenvalue weighted by atomic mass is 10.2. The average Bonchev–Trinajstić information content (AvgIpc) is 2.96. The second-order valence-corrected chi connectivity index (χ2v) is 5.78. The zero-order chi connectivity index (χ0) is 17.6. The van der Waals surface area contributed by atoms with Gasteiger partial charge in [-0.2, -0.15) is 0 Å². The lowest BCUT2D eigenvalue weighted by molar-refractivity contribution is -0.117. The summed E-state index contributed by atoms with van der Waals surface area (Å²) in [5.74, 6) is 0.788. The van der Waals surface area contributed by atoms with Crippen LogP contribution in [0, 0.1) is 11.8 Å². The SMILES string of the molecule is Cc1ccc(NC(=O)Cn2nc(COc3ccccc3)oc2=S)cc1. The Balaban J connectivity index is 1.59. The normalized spacial score (nSPS) is 10.4. The zero-order valence-corrected chi connectivity index (χ0v) is 14.5. The Morgan fingerprint density at radius 1 is 1.20 bits per heavy atom. The fourth-order valence-corrected chi connectivity index (χ4v) is 2.34. The van der Waals surface area contributed by atoms with Gasteiger partial charge in [-0.3, -0.25) is 4.79 Å². The van der Waals surface area contributed by atoms with Crippen LogP contribution in [0.5, 0.6) is 5.75 Å². The van der Waals surface area contributed by atoms with Gasteiger partial charge in [-0.1, -0.05) is 35.9 Å². The predicted molar refractivity (Wildman–Crippen MR) is 95.9 cm³/mol. The number of hydrogen-bond acceptors (Lipinski definition) is 5. The number of aryl methyl sites for hydroxylation is 1. The van der Waals surface area contributed by atoms with Gasteiger partial charge in [0.15, 0.2) is 6.61 Å². The van der Waals surface area contributed by atoms with Crippen LogP contribution in [-0.2, 0) is 17.9 Å². The maximum atomic E-state index is 12.1. The topological polar surface area (TPSA) is 69.3 Å². The van der Waals surface area contributed by atoms with Crippen molar-refractivity contribution in [3.63, 3.8) is 0 Å². The molecule has 0 spiro atoms. The first-order chi connectivity index (χ1) is 12.1. The summed E-state index contributed by atoms with van der Waals surface area (Å²) in [5, 5.41) is 6.97. The van der Waals surface area contributed by atoms with Crippen molar-refractivity contribution < 1.29 is 13.9 Å². The van der Waals surface area contributed by atoms with Crippen LogP contribution in [0.3, 0.4) is 0 Å². The van der Waals surface area contributed by atoms with Gasteiger partial charge in [0.25, 0.3) is 10.7 Å². The minimum atomic E-state index is -0.233. The van der Waals surface area contributed by atoms with Crippen molar-refractivity contribution in [2.24, 2.45) is 0 Å². The van der Waals surface area contributed by atoms with Gasteiger partial charge in [0.1, 0.15) is 12.3 Å². The number of aromatic nitrogens is 2. The van der Waals surface area contributed by atoms with E-state index >= 15 is 0 Å². The Bertz CT molecular complexity index is 901. The Morgan fingerprint density at radius 2 is 1.92 bits per heavy atom. The van der Waals surface area contributed by atoms with Gasteiger partial charge < -0.3 is 14.5 Å². The largest absolute Gasteiger partial charge is 0.484 e. The molecular weight excluding hydrogens is 338 g/mol. The molecule has 3 rings (SSSR count).